The molecule has 2 fully saturated rings. The number of hydrogen-bond acceptors (Lipinski definition) is 2. The van der Waals surface area contributed by atoms with E-state index in [1.807, 2.05) is 0 Å². The zero-order chi connectivity index (χ0) is 19.9. The molecule has 1 saturated carbocycles. The van der Waals surface area contributed by atoms with E-state index in [1.165, 1.54) is 31.2 Å². The molecule has 1 heterocycles. The summed E-state index contributed by atoms with van der Waals surface area (Å²) < 4.78 is 13.3. The number of hydrogen-bond donors (Lipinski definition) is 0. The van der Waals surface area contributed by atoms with Crippen LogP contribution >= 0.6 is 0 Å². The summed E-state index contributed by atoms with van der Waals surface area (Å²) in [4.78, 5) is 0. The zero-order valence-corrected chi connectivity index (χ0v) is 18.5. The van der Waals surface area contributed by atoms with Gasteiger partial charge in [0, 0.05) is 5.31 Å². The van der Waals surface area contributed by atoms with Gasteiger partial charge in [0.1, 0.15) is 0 Å². The molecule has 2 nitrogen and oxygen atoms in total. The molecule has 1 saturated heterocycles. The van der Waals surface area contributed by atoms with Crippen LogP contribution in [0.2, 0.25) is 5.31 Å². The highest BCUT2D eigenvalue weighted by molar-refractivity contribution is 6.50. The van der Waals surface area contributed by atoms with Crippen LogP contribution in [0, 0.1) is 11.8 Å². The Morgan fingerprint density at radius 2 is 1.59 bits per heavy atom. The second-order valence-corrected chi connectivity index (χ2v) is 9.88. The van der Waals surface area contributed by atoms with Crippen LogP contribution in [0.25, 0.3) is 0 Å². The van der Waals surface area contributed by atoms with E-state index >= 15 is 0 Å². The Hall–Kier alpha value is -0.795. The molecule has 0 spiro atoms. The second-order valence-electron chi connectivity index (χ2n) is 9.88. The van der Waals surface area contributed by atoms with E-state index in [2.05, 4.69) is 78.8 Å². The van der Waals surface area contributed by atoms with Crippen LogP contribution in [0.15, 0.2) is 30.3 Å². The Balaban J connectivity index is 1.96. The number of benzene rings is 1. The molecule has 150 valence electrons. The van der Waals surface area contributed by atoms with Gasteiger partial charge in [-0.25, -0.2) is 0 Å². The zero-order valence-electron chi connectivity index (χ0n) is 18.5. The fourth-order valence-corrected chi connectivity index (χ4v) is 5.62. The first-order valence-corrected chi connectivity index (χ1v) is 11.1. The van der Waals surface area contributed by atoms with E-state index in [1.54, 1.807) is 0 Å². The predicted octanol–water partition coefficient (Wildman–Crippen LogP) is 6.86. The monoisotopic (exact) mass is 370 g/mol. The summed E-state index contributed by atoms with van der Waals surface area (Å²) >= 11 is 0. The molecule has 3 rings (SSSR count). The van der Waals surface area contributed by atoms with Crippen molar-refractivity contribution in [3.8, 4) is 0 Å². The lowest BCUT2D eigenvalue weighted by Gasteiger charge is -2.59. The van der Waals surface area contributed by atoms with Crippen LogP contribution in [0.5, 0.6) is 0 Å². The van der Waals surface area contributed by atoms with Gasteiger partial charge in [-0.3, -0.25) is 0 Å². The van der Waals surface area contributed by atoms with Gasteiger partial charge >= 0.3 is 7.12 Å². The third-order valence-corrected chi connectivity index (χ3v) is 8.00. The van der Waals surface area contributed by atoms with Gasteiger partial charge in [0.15, 0.2) is 0 Å². The van der Waals surface area contributed by atoms with Crippen molar-refractivity contribution in [3.63, 3.8) is 0 Å². The highest BCUT2D eigenvalue weighted by Crippen LogP contribution is 2.70. The molecular formula is C24H39BO2. The van der Waals surface area contributed by atoms with Gasteiger partial charge in [0.25, 0.3) is 0 Å². The van der Waals surface area contributed by atoms with Gasteiger partial charge in [-0.05, 0) is 57.4 Å². The van der Waals surface area contributed by atoms with Gasteiger partial charge in [-0.15, -0.1) is 0 Å². The predicted molar refractivity (Wildman–Crippen MR) is 115 cm³/mol. The topological polar surface area (TPSA) is 18.5 Å². The Labute approximate surface area is 167 Å². The molecular weight excluding hydrogens is 331 g/mol. The molecule has 1 aromatic rings. The minimum atomic E-state index is -0.255. The van der Waals surface area contributed by atoms with Crippen molar-refractivity contribution in [3.05, 3.63) is 35.9 Å². The van der Waals surface area contributed by atoms with Crippen molar-refractivity contribution >= 4 is 7.12 Å². The first-order valence-electron chi connectivity index (χ1n) is 11.1. The van der Waals surface area contributed by atoms with Crippen molar-refractivity contribution in [2.75, 3.05) is 0 Å². The summed E-state index contributed by atoms with van der Waals surface area (Å²) in [6.45, 7) is 15.8. The Morgan fingerprint density at radius 1 is 1.00 bits per heavy atom. The van der Waals surface area contributed by atoms with Gasteiger partial charge in [0.2, 0.25) is 0 Å². The second kappa shape index (κ2) is 7.56. The Kier molecular flexibility index (Phi) is 5.86. The average Bonchev–Trinajstić information content (AvgIpc) is 2.83. The summed E-state index contributed by atoms with van der Waals surface area (Å²) in [5, 5.41) is 0.126. The maximum atomic E-state index is 6.63. The Bertz CT molecular complexity index is 611. The van der Waals surface area contributed by atoms with Crippen LogP contribution in [0.3, 0.4) is 0 Å². The molecule has 3 heteroatoms. The summed E-state index contributed by atoms with van der Waals surface area (Å²) in [6, 6.07) is 11.1. The molecule has 1 aliphatic heterocycles. The van der Waals surface area contributed by atoms with E-state index in [0.717, 1.165) is 12.3 Å². The fourth-order valence-electron chi connectivity index (χ4n) is 5.62. The number of rotatable bonds is 7. The van der Waals surface area contributed by atoms with E-state index in [0.29, 0.717) is 11.8 Å². The third kappa shape index (κ3) is 3.40. The summed E-state index contributed by atoms with van der Waals surface area (Å²) in [6.07, 6.45) is 6.09. The van der Waals surface area contributed by atoms with E-state index in [-0.39, 0.29) is 23.6 Å². The molecule has 4 unspecified atom stereocenters. The van der Waals surface area contributed by atoms with Crippen molar-refractivity contribution < 1.29 is 9.31 Å². The molecule has 0 amide bonds. The van der Waals surface area contributed by atoms with E-state index < -0.39 is 0 Å². The van der Waals surface area contributed by atoms with E-state index in [4.69, 9.17) is 9.31 Å². The highest BCUT2D eigenvalue weighted by atomic mass is 16.7. The standard InChI is InChI=1S/C24H39BO2/c1-8-14-18(9-2)21-20(19-15-12-11-13-16-19)17-24(21,10-3)25-26-22(4,5)23(6,7)27-25/h11-13,15-16,18,20-21H,8-10,14,17H2,1-7H3. The first kappa shape index (κ1) is 20.9. The molecule has 1 aromatic carbocycles. The highest BCUT2D eigenvalue weighted by Gasteiger charge is 2.67. The van der Waals surface area contributed by atoms with Crippen LogP contribution in [-0.4, -0.2) is 18.3 Å². The van der Waals surface area contributed by atoms with E-state index in [9.17, 15) is 0 Å². The minimum Gasteiger partial charge on any atom is -0.403 e. The van der Waals surface area contributed by atoms with Gasteiger partial charge < -0.3 is 9.31 Å². The lowest BCUT2D eigenvalue weighted by atomic mass is 9.34. The quantitative estimate of drug-likeness (QED) is 0.488. The Morgan fingerprint density at radius 3 is 2.07 bits per heavy atom. The van der Waals surface area contributed by atoms with Crippen molar-refractivity contribution in [2.24, 2.45) is 11.8 Å². The van der Waals surface area contributed by atoms with Crippen LogP contribution in [0.4, 0.5) is 0 Å². The molecule has 0 radical (unpaired) electrons. The molecule has 2 aliphatic rings. The fraction of sp³-hybridized carbons (Fsp3) is 0.750. The molecule has 27 heavy (non-hydrogen) atoms. The summed E-state index contributed by atoms with van der Waals surface area (Å²) in [5.41, 5.74) is 0.987. The molecule has 1 aliphatic carbocycles. The van der Waals surface area contributed by atoms with Crippen molar-refractivity contribution in [1.82, 2.24) is 0 Å². The van der Waals surface area contributed by atoms with Gasteiger partial charge in [-0.1, -0.05) is 76.8 Å². The average molecular weight is 370 g/mol. The maximum absolute atomic E-state index is 6.63. The minimum absolute atomic E-state index is 0.0941. The molecule has 0 bridgehead atoms. The normalized spacial score (nSPS) is 32.9. The molecule has 4 atom stereocenters. The largest absolute Gasteiger partial charge is 0.464 e. The van der Waals surface area contributed by atoms with Gasteiger partial charge in [0.05, 0.1) is 11.2 Å². The summed E-state index contributed by atoms with van der Waals surface area (Å²) in [5.74, 6) is 1.99. The van der Waals surface area contributed by atoms with Crippen molar-refractivity contribution in [1.29, 1.82) is 0 Å². The van der Waals surface area contributed by atoms with Crippen LogP contribution in [0.1, 0.15) is 92.1 Å². The first-order chi connectivity index (χ1) is 12.7. The maximum Gasteiger partial charge on any atom is 0.464 e. The van der Waals surface area contributed by atoms with Crippen LogP contribution in [-0.2, 0) is 9.31 Å². The third-order valence-electron chi connectivity index (χ3n) is 8.00. The SMILES string of the molecule is CCCC(CC)C1C(c2ccccc2)CC1(CC)B1OC(C)(C)C(C)(C)O1. The molecule has 0 aromatic heterocycles. The summed E-state index contributed by atoms with van der Waals surface area (Å²) in [7, 11) is -0.0941. The van der Waals surface area contributed by atoms with Gasteiger partial charge in [-0.2, -0.15) is 0 Å². The molecule has 0 N–H and O–H groups in total. The van der Waals surface area contributed by atoms with Crippen molar-refractivity contribution in [2.45, 2.75) is 103 Å². The smallest absolute Gasteiger partial charge is 0.403 e. The lowest BCUT2D eigenvalue weighted by Crippen LogP contribution is -2.54. The van der Waals surface area contributed by atoms with Crippen LogP contribution < -0.4 is 0 Å². The lowest BCUT2D eigenvalue weighted by molar-refractivity contribution is 0.00578.